The van der Waals surface area contributed by atoms with Crippen LogP contribution in [-0.2, 0) is 0 Å². The normalized spacial score (nSPS) is 10.0. The second-order valence-corrected chi connectivity index (χ2v) is 2.31. The van der Waals surface area contributed by atoms with Gasteiger partial charge in [-0.05, 0) is 12.1 Å². The molecule has 2 aromatic heterocycles. The van der Waals surface area contributed by atoms with Gasteiger partial charge in [0.15, 0.2) is 0 Å². The lowest BCUT2D eigenvalue weighted by molar-refractivity contribution is 0.574. The van der Waals surface area contributed by atoms with Crippen LogP contribution >= 0.6 is 0 Å². The predicted molar refractivity (Wildman–Crippen MR) is 44.1 cm³/mol. The van der Waals surface area contributed by atoms with Crippen molar-refractivity contribution in [1.29, 1.82) is 0 Å². The number of rotatable bonds is 1. The minimum absolute atomic E-state index is 0.491. The monoisotopic (exact) mass is 161 g/mol. The molecule has 0 spiro atoms. The standard InChI is InChI=1S/C8H7N3O/c9-7-2-1-6(5-11-7)8-10-3-4-12-8/h1-5H,(H2,9,11). The molecule has 60 valence electrons. The van der Waals surface area contributed by atoms with Crippen LogP contribution < -0.4 is 5.73 Å². The van der Waals surface area contributed by atoms with Gasteiger partial charge < -0.3 is 10.2 Å². The molecule has 0 aromatic carbocycles. The van der Waals surface area contributed by atoms with E-state index in [-0.39, 0.29) is 0 Å². The summed E-state index contributed by atoms with van der Waals surface area (Å²) in [5, 5.41) is 0. The Bertz CT molecular complexity index is 352. The van der Waals surface area contributed by atoms with Crippen LogP contribution in [0.15, 0.2) is 35.2 Å². The van der Waals surface area contributed by atoms with Crippen LogP contribution in [0.1, 0.15) is 0 Å². The van der Waals surface area contributed by atoms with E-state index < -0.39 is 0 Å². The van der Waals surface area contributed by atoms with E-state index >= 15 is 0 Å². The zero-order valence-electron chi connectivity index (χ0n) is 6.27. The number of oxazole rings is 1. The molecule has 0 unspecified atom stereocenters. The summed E-state index contributed by atoms with van der Waals surface area (Å²) in [6.07, 6.45) is 4.73. The molecule has 0 saturated carbocycles. The summed E-state index contributed by atoms with van der Waals surface area (Å²) < 4.78 is 5.07. The largest absolute Gasteiger partial charge is 0.444 e. The first-order valence-corrected chi connectivity index (χ1v) is 3.47. The zero-order chi connectivity index (χ0) is 8.39. The van der Waals surface area contributed by atoms with E-state index in [1.165, 1.54) is 6.26 Å². The van der Waals surface area contributed by atoms with Gasteiger partial charge in [-0.1, -0.05) is 0 Å². The topological polar surface area (TPSA) is 64.9 Å². The average molecular weight is 161 g/mol. The minimum Gasteiger partial charge on any atom is -0.444 e. The minimum atomic E-state index is 0.491. The molecule has 0 aliphatic carbocycles. The van der Waals surface area contributed by atoms with Gasteiger partial charge in [-0.25, -0.2) is 9.97 Å². The number of nitrogens with zero attached hydrogens (tertiary/aromatic N) is 2. The molecule has 2 rings (SSSR count). The fraction of sp³-hybridized carbons (Fsp3) is 0. The van der Waals surface area contributed by atoms with Crippen LogP contribution in [0.3, 0.4) is 0 Å². The van der Waals surface area contributed by atoms with Gasteiger partial charge in [0.25, 0.3) is 0 Å². The van der Waals surface area contributed by atoms with E-state index in [2.05, 4.69) is 9.97 Å². The maximum Gasteiger partial charge on any atom is 0.227 e. The first-order valence-electron chi connectivity index (χ1n) is 3.47. The number of hydrogen-bond donors (Lipinski definition) is 1. The fourth-order valence-electron chi connectivity index (χ4n) is 0.898. The Morgan fingerprint density at radius 1 is 1.25 bits per heavy atom. The van der Waals surface area contributed by atoms with Crippen molar-refractivity contribution in [2.75, 3.05) is 5.73 Å². The third-order valence-electron chi connectivity index (χ3n) is 1.47. The molecule has 4 heteroatoms. The summed E-state index contributed by atoms with van der Waals surface area (Å²) in [6, 6.07) is 3.52. The van der Waals surface area contributed by atoms with Gasteiger partial charge in [0.2, 0.25) is 5.89 Å². The van der Waals surface area contributed by atoms with Crippen molar-refractivity contribution in [2.24, 2.45) is 0 Å². The molecule has 12 heavy (non-hydrogen) atoms. The second-order valence-electron chi connectivity index (χ2n) is 2.31. The van der Waals surface area contributed by atoms with Gasteiger partial charge in [-0.15, -0.1) is 0 Å². The van der Waals surface area contributed by atoms with Crippen molar-refractivity contribution < 1.29 is 4.42 Å². The average Bonchev–Trinajstić information content (AvgIpc) is 2.58. The third kappa shape index (κ3) is 1.14. The fourth-order valence-corrected chi connectivity index (χ4v) is 0.898. The Labute approximate surface area is 69.1 Å². The van der Waals surface area contributed by atoms with Crippen LogP contribution in [0.25, 0.3) is 11.5 Å². The molecule has 2 heterocycles. The van der Waals surface area contributed by atoms with Crippen molar-refractivity contribution in [3.63, 3.8) is 0 Å². The smallest absolute Gasteiger partial charge is 0.227 e. The van der Waals surface area contributed by atoms with E-state index in [9.17, 15) is 0 Å². The van der Waals surface area contributed by atoms with E-state index in [0.29, 0.717) is 11.7 Å². The second kappa shape index (κ2) is 2.65. The molecule has 2 aromatic rings. The first kappa shape index (κ1) is 6.84. The summed E-state index contributed by atoms with van der Waals surface area (Å²) in [4.78, 5) is 7.88. The van der Waals surface area contributed by atoms with Crippen molar-refractivity contribution >= 4 is 5.82 Å². The Morgan fingerprint density at radius 2 is 2.17 bits per heavy atom. The highest BCUT2D eigenvalue weighted by molar-refractivity contribution is 5.52. The molecular formula is C8H7N3O. The highest BCUT2D eigenvalue weighted by atomic mass is 16.3. The number of anilines is 1. The van der Waals surface area contributed by atoms with Crippen LogP contribution in [0.2, 0.25) is 0 Å². The van der Waals surface area contributed by atoms with E-state index in [1.807, 2.05) is 6.07 Å². The number of aromatic nitrogens is 2. The molecule has 0 saturated heterocycles. The molecule has 0 atom stereocenters. The number of pyridine rings is 1. The quantitative estimate of drug-likeness (QED) is 0.685. The highest BCUT2D eigenvalue weighted by Gasteiger charge is 2.00. The van der Waals surface area contributed by atoms with Crippen LogP contribution in [0, 0.1) is 0 Å². The lowest BCUT2D eigenvalue weighted by Gasteiger charge is -1.94. The maximum atomic E-state index is 5.42. The summed E-state index contributed by atoms with van der Waals surface area (Å²) in [5.74, 6) is 1.05. The van der Waals surface area contributed by atoms with E-state index in [4.69, 9.17) is 10.2 Å². The molecule has 0 aliphatic rings. The summed E-state index contributed by atoms with van der Waals surface area (Å²) >= 11 is 0. The summed E-state index contributed by atoms with van der Waals surface area (Å²) in [5.41, 5.74) is 6.25. The van der Waals surface area contributed by atoms with E-state index in [0.717, 1.165) is 5.56 Å². The predicted octanol–water partition coefficient (Wildman–Crippen LogP) is 1.32. The van der Waals surface area contributed by atoms with Gasteiger partial charge in [-0.2, -0.15) is 0 Å². The zero-order valence-corrected chi connectivity index (χ0v) is 6.27. The SMILES string of the molecule is Nc1ccc(-c2ncco2)cn1. The Morgan fingerprint density at radius 3 is 2.75 bits per heavy atom. The van der Waals surface area contributed by atoms with Crippen molar-refractivity contribution in [3.05, 3.63) is 30.8 Å². The van der Waals surface area contributed by atoms with Gasteiger partial charge in [0.05, 0.1) is 11.8 Å². The number of hydrogen-bond acceptors (Lipinski definition) is 4. The Balaban J connectivity index is 2.43. The van der Waals surface area contributed by atoms with Crippen molar-refractivity contribution in [1.82, 2.24) is 9.97 Å². The Hall–Kier alpha value is -1.84. The van der Waals surface area contributed by atoms with Crippen molar-refractivity contribution in [2.45, 2.75) is 0 Å². The van der Waals surface area contributed by atoms with Gasteiger partial charge in [0, 0.05) is 6.20 Å². The number of nitrogens with two attached hydrogens (primary N) is 1. The maximum absolute atomic E-state index is 5.42. The van der Waals surface area contributed by atoms with Crippen LogP contribution in [0.4, 0.5) is 5.82 Å². The lowest BCUT2D eigenvalue weighted by atomic mass is 10.3. The number of nitrogen functional groups attached to an aromatic ring is 1. The summed E-state index contributed by atoms with van der Waals surface area (Å²) in [7, 11) is 0. The summed E-state index contributed by atoms with van der Waals surface area (Å²) in [6.45, 7) is 0. The van der Waals surface area contributed by atoms with E-state index in [1.54, 1.807) is 18.5 Å². The molecule has 0 fully saturated rings. The molecule has 0 amide bonds. The van der Waals surface area contributed by atoms with Gasteiger partial charge in [0.1, 0.15) is 12.1 Å². The van der Waals surface area contributed by atoms with Crippen molar-refractivity contribution in [3.8, 4) is 11.5 Å². The molecule has 0 radical (unpaired) electrons. The van der Waals surface area contributed by atoms with Crippen LogP contribution in [0.5, 0.6) is 0 Å². The van der Waals surface area contributed by atoms with Gasteiger partial charge in [-0.3, -0.25) is 0 Å². The first-order chi connectivity index (χ1) is 5.86. The Kier molecular flexibility index (Phi) is 1.51. The molecular weight excluding hydrogens is 154 g/mol. The molecule has 0 aliphatic heterocycles. The third-order valence-corrected chi connectivity index (χ3v) is 1.47. The molecule has 0 bridgehead atoms. The molecule has 2 N–H and O–H groups in total. The lowest BCUT2D eigenvalue weighted by Crippen LogP contribution is -1.88. The molecule has 4 nitrogen and oxygen atoms in total. The van der Waals surface area contributed by atoms with Gasteiger partial charge >= 0.3 is 0 Å². The van der Waals surface area contributed by atoms with Crippen LogP contribution in [-0.4, -0.2) is 9.97 Å². The highest BCUT2D eigenvalue weighted by Crippen LogP contribution is 2.15.